The van der Waals surface area contributed by atoms with Gasteiger partial charge in [0.1, 0.15) is 0 Å². The average molecular weight is 317 g/mol. The van der Waals surface area contributed by atoms with Gasteiger partial charge in [0.25, 0.3) is 0 Å². The number of aliphatic carboxylic acids is 1. The minimum absolute atomic E-state index is 0.142. The Balaban J connectivity index is 1.95. The van der Waals surface area contributed by atoms with E-state index in [1.165, 1.54) is 11.3 Å². The molecule has 0 aliphatic carbocycles. The van der Waals surface area contributed by atoms with Crippen LogP contribution in [0.15, 0.2) is 12.1 Å². The molecule has 1 aliphatic heterocycles. The van der Waals surface area contributed by atoms with Crippen LogP contribution in [-0.2, 0) is 4.79 Å². The SMILES string of the molecule is CC(NC(=O)N1CCC(C)(C(=O)O)C1)c1ccc(Cl)s1. The van der Waals surface area contributed by atoms with Crippen molar-refractivity contribution in [3.8, 4) is 0 Å². The summed E-state index contributed by atoms with van der Waals surface area (Å²) in [6, 6.07) is 3.30. The summed E-state index contributed by atoms with van der Waals surface area (Å²) in [4.78, 5) is 25.8. The number of carbonyl (C=O) groups excluding carboxylic acids is 1. The molecule has 7 heteroatoms. The van der Waals surface area contributed by atoms with Crippen LogP contribution in [0.3, 0.4) is 0 Å². The number of thiophene rings is 1. The molecule has 1 aromatic heterocycles. The molecule has 2 N–H and O–H groups in total. The Morgan fingerprint density at radius 3 is 2.75 bits per heavy atom. The van der Waals surface area contributed by atoms with Crippen molar-refractivity contribution in [2.75, 3.05) is 13.1 Å². The highest BCUT2D eigenvalue weighted by atomic mass is 35.5. The van der Waals surface area contributed by atoms with Gasteiger partial charge < -0.3 is 15.3 Å². The van der Waals surface area contributed by atoms with Crippen LogP contribution in [0.25, 0.3) is 0 Å². The van der Waals surface area contributed by atoms with Crippen LogP contribution in [0.4, 0.5) is 4.79 Å². The number of carboxylic acids is 1. The van der Waals surface area contributed by atoms with Gasteiger partial charge in [0.05, 0.1) is 15.8 Å². The Morgan fingerprint density at radius 1 is 1.55 bits per heavy atom. The van der Waals surface area contributed by atoms with E-state index >= 15 is 0 Å². The molecule has 0 saturated carbocycles. The summed E-state index contributed by atoms with van der Waals surface area (Å²) in [7, 11) is 0. The molecular weight excluding hydrogens is 300 g/mol. The maximum atomic E-state index is 12.1. The zero-order chi connectivity index (χ0) is 14.9. The predicted octanol–water partition coefficient (Wildman–Crippen LogP) is 2.97. The Bertz CT molecular complexity index is 533. The number of likely N-dealkylation sites (tertiary alicyclic amines) is 1. The molecule has 0 bridgehead atoms. The second-order valence-corrected chi connectivity index (χ2v) is 7.10. The fourth-order valence-electron chi connectivity index (χ4n) is 2.22. The van der Waals surface area contributed by atoms with Crippen molar-refractivity contribution >= 4 is 34.9 Å². The van der Waals surface area contributed by atoms with E-state index in [9.17, 15) is 9.59 Å². The zero-order valence-corrected chi connectivity index (χ0v) is 12.9. The summed E-state index contributed by atoms with van der Waals surface area (Å²) in [6.45, 7) is 4.26. The Morgan fingerprint density at radius 2 is 2.25 bits per heavy atom. The lowest BCUT2D eigenvalue weighted by Gasteiger charge is -2.22. The van der Waals surface area contributed by atoms with Crippen LogP contribution < -0.4 is 5.32 Å². The number of rotatable bonds is 3. The van der Waals surface area contributed by atoms with Crippen molar-refractivity contribution in [1.82, 2.24) is 10.2 Å². The van der Waals surface area contributed by atoms with Gasteiger partial charge in [-0.15, -0.1) is 11.3 Å². The lowest BCUT2D eigenvalue weighted by atomic mass is 9.90. The molecule has 20 heavy (non-hydrogen) atoms. The van der Waals surface area contributed by atoms with Crippen LogP contribution >= 0.6 is 22.9 Å². The second-order valence-electron chi connectivity index (χ2n) is 5.35. The van der Waals surface area contributed by atoms with Gasteiger partial charge >= 0.3 is 12.0 Å². The molecule has 5 nitrogen and oxygen atoms in total. The second kappa shape index (κ2) is 5.61. The van der Waals surface area contributed by atoms with Crippen molar-refractivity contribution in [2.24, 2.45) is 5.41 Å². The van der Waals surface area contributed by atoms with Crippen LogP contribution in [0.5, 0.6) is 0 Å². The number of carbonyl (C=O) groups is 2. The van der Waals surface area contributed by atoms with Crippen LogP contribution in [0.2, 0.25) is 4.34 Å². The van der Waals surface area contributed by atoms with Crippen molar-refractivity contribution in [1.29, 1.82) is 0 Å². The number of halogens is 1. The number of hydrogen-bond donors (Lipinski definition) is 2. The molecule has 0 aromatic carbocycles. The highest BCUT2D eigenvalue weighted by Crippen LogP contribution is 2.31. The highest BCUT2D eigenvalue weighted by molar-refractivity contribution is 7.16. The van der Waals surface area contributed by atoms with Gasteiger partial charge in [-0.25, -0.2) is 4.79 Å². The number of amides is 2. The lowest BCUT2D eigenvalue weighted by Crippen LogP contribution is -2.41. The molecule has 1 aliphatic rings. The van der Waals surface area contributed by atoms with Gasteiger partial charge in [-0.2, -0.15) is 0 Å². The van der Waals surface area contributed by atoms with Crippen molar-refractivity contribution < 1.29 is 14.7 Å². The molecule has 0 spiro atoms. The fraction of sp³-hybridized carbons (Fsp3) is 0.538. The summed E-state index contributed by atoms with van der Waals surface area (Å²) in [5.41, 5.74) is -0.840. The molecule has 2 amide bonds. The average Bonchev–Trinajstić information content (AvgIpc) is 2.96. The van der Waals surface area contributed by atoms with E-state index in [0.29, 0.717) is 17.3 Å². The summed E-state index contributed by atoms with van der Waals surface area (Å²) in [5.74, 6) is -0.856. The van der Waals surface area contributed by atoms with E-state index in [4.69, 9.17) is 16.7 Å². The normalized spacial score (nSPS) is 23.6. The third-order valence-electron chi connectivity index (χ3n) is 3.64. The van der Waals surface area contributed by atoms with Gasteiger partial charge in [0.15, 0.2) is 0 Å². The van der Waals surface area contributed by atoms with Crippen molar-refractivity contribution in [3.05, 3.63) is 21.3 Å². The molecule has 1 aromatic rings. The molecule has 2 unspecified atom stereocenters. The zero-order valence-electron chi connectivity index (χ0n) is 11.4. The van der Waals surface area contributed by atoms with Gasteiger partial charge in [-0.3, -0.25) is 4.79 Å². The van der Waals surface area contributed by atoms with Crippen LogP contribution in [0, 0.1) is 5.41 Å². The molecule has 1 fully saturated rings. The van der Waals surface area contributed by atoms with E-state index in [1.807, 2.05) is 13.0 Å². The number of hydrogen-bond acceptors (Lipinski definition) is 3. The van der Waals surface area contributed by atoms with Crippen molar-refractivity contribution in [2.45, 2.75) is 26.3 Å². The number of nitrogens with one attached hydrogen (secondary N) is 1. The van der Waals surface area contributed by atoms with Crippen molar-refractivity contribution in [3.63, 3.8) is 0 Å². The first kappa shape index (κ1) is 15.1. The molecular formula is C13H17ClN2O3S. The Kier molecular flexibility index (Phi) is 4.25. The summed E-state index contributed by atoms with van der Waals surface area (Å²) >= 11 is 7.29. The van der Waals surface area contributed by atoms with Crippen LogP contribution in [-0.4, -0.2) is 35.1 Å². The maximum absolute atomic E-state index is 12.1. The monoisotopic (exact) mass is 316 g/mol. The lowest BCUT2D eigenvalue weighted by molar-refractivity contribution is -0.146. The van der Waals surface area contributed by atoms with E-state index in [1.54, 1.807) is 17.9 Å². The van der Waals surface area contributed by atoms with Gasteiger partial charge in [-0.05, 0) is 32.4 Å². The molecule has 2 rings (SSSR count). The van der Waals surface area contributed by atoms with Gasteiger partial charge in [-0.1, -0.05) is 11.6 Å². The number of nitrogens with zero attached hydrogens (tertiary/aromatic N) is 1. The summed E-state index contributed by atoms with van der Waals surface area (Å²) in [5, 5.41) is 12.0. The first-order valence-corrected chi connectivity index (χ1v) is 7.55. The smallest absolute Gasteiger partial charge is 0.317 e. The largest absolute Gasteiger partial charge is 0.481 e. The minimum atomic E-state index is -0.856. The standard InChI is InChI=1S/C13H17ClN2O3S/c1-8(9-3-4-10(14)20-9)15-12(19)16-6-5-13(2,7-16)11(17)18/h3-4,8H,5-7H2,1-2H3,(H,15,19)(H,17,18). The predicted molar refractivity (Wildman–Crippen MR) is 78.2 cm³/mol. The van der Waals surface area contributed by atoms with E-state index in [0.717, 1.165) is 4.88 Å². The highest BCUT2D eigenvalue weighted by Gasteiger charge is 2.42. The van der Waals surface area contributed by atoms with Crippen LogP contribution in [0.1, 0.15) is 31.2 Å². The first-order chi connectivity index (χ1) is 9.32. The number of carboxylic acid groups (broad SMARTS) is 1. The summed E-state index contributed by atoms with van der Waals surface area (Å²) < 4.78 is 0.681. The maximum Gasteiger partial charge on any atom is 0.317 e. The van der Waals surface area contributed by atoms with Gasteiger partial charge in [0, 0.05) is 18.0 Å². The minimum Gasteiger partial charge on any atom is -0.481 e. The molecule has 2 heterocycles. The van der Waals surface area contributed by atoms with Gasteiger partial charge in [0.2, 0.25) is 0 Å². The third kappa shape index (κ3) is 3.07. The topological polar surface area (TPSA) is 69.6 Å². The Hall–Kier alpha value is -1.27. The summed E-state index contributed by atoms with van der Waals surface area (Å²) in [6.07, 6.45) is 0.481. The van der Waals surface area contributed by atoms with E-state index in [2.05, 4.69) is 5.32 Å². The van der Waals surface area contributed by atoms with E-state index in [-0.39, 0.29) is 18.6 Å². The number of urea groups is 1. The first-order valence-electron chi connectivity index (χ1n) is 6.36. The molecule has 0 radical (unpaired) electrons. The Labute approximate surface area is 126 Å². The molecule has 110 valence electrons. The third-order valence-corrected chi connectivity index (χ3v) is 5.05. The fourth-order valence-corrected chi connectivity index (χ4v) is 3.28. The molecule has 1 saturated heterocycles. The van der Waals surface area contributed by atoms with E-state index < -0.39 is 11.4 Å². The quantitative estimate of drug-likeness (QED) is 0.900. The molecule has 2 atom stereocenters.